The molecule has 0 aromatic rings. The maximum Gasteiger partial charge on any atom is 0.0524 e. The van der Waals surface area contributed by atoms with Crippen LogP contribution in [0.25, 0.3) is 0 Å². The zero-order valence-electron chi connectivity index (χ0n) is 9.00. The Hall–Kier alpha value is -0.0800. The molecule has 1 aliphatic rings. The second-order valence-corrected chi connectivity index (χ2v) is 4.38. The highest BCUT2D eigenvalue weighted by Gasteiger charge is 2.23. The van der Waals surface area contributed by atoms with Crippen LogP contribution in [0, 0.1) is 5.92 Å². The minimum Gasteiger partial charge on any atom is -0.393 e. The van der Waals surface area contributed by atoms with E-state index in [-0.39, 0.29) is 6.10 Å². The third-order valence-corrected chi connectivity index (χ3v) is 2.62. The first kappa shape index (κ1) is 11.0. The molecule has 1 rings (SSSR count). The number of nitrogens with zero attached hydrogens (tertiary/aromatic N) is 1. The molecule has 1 fully saturated rings. The minimum absolute atomic E-state index is 0.140. The van der Waals surface area contributed by atoms with Crippen LogP contribution in [-0.2, 0) is 0 Å². The average Bonchev–Trinajstić information content (AvgIpc) is 2.84. The fourth-order valence-electron chi connectivity index (χ4n) is 1.65. The Bertz CT molecular complexity index is 132. The Morgan fingerprint density at radius 3 is 2.54 bits per heavy atom. The van der Waals surface area contributed by atoms with Crippen molar-refractivity contribution in [1.82, 2.24) is 4.90 Å². The maximum absolute atomic E-state index is 9.19. The zero-order chi connectivity index (χ0) is 9.68. The van der Waals surface area contributed by atoms with E-state index in [4.69, 9.17) is 0 Å². The van der Waals surface area contributed by atoms with Gasteiger partial charge in [-0.25, -0.2) is 0 Å². The molecule has 1 atom stereocenters. The van der Waals surface area contributed by atoms with E-state index < -0.39 is 0 Å². The van der Waals surface area contributed by atoms with Crippen LogP contribution in [0.3, 0.4) is 0 Å². The second kappa shape index (κ2) is 5.61. The van der Waals surface area contributed by atoms with Gasteiger partial charge in [-0.1, -0.05) is 6.92 Å². The van der Waals surface area contributed by atoms with Crippen LogP contribution in [0.15, 0.2) is 0 Å². The summed E-state index contributed by atoms with van der Waals surface area (Å²) in [5.74, 6) is 0.973. The van der Waals surface area contributed by atoms with Gasteiger partial charge in [0.05, 0.1) is 6.10 Å². The van der Waals surface area contributed by atoms with Gasteiger partial charge in [-0.3, -0.25) is 0 Å². The third kappa shape index (κ3) is 5.27. The number of aliphatic hydroxyl groups excluding tert-OH is 1. The largest absolute Gasteiger partial charge is 0.393 e. The molecule has 1 unspecified atom stereocenters. The van der Waals surface area contributed by atoms with E-state index >= 15 is 0 Å². The maximum atomic E-state index is 9.19. The van der Waals surface area contributed by atoms with Crippen LogP contribution < -0.4 is 0 Å². The summed E-state index contributed by atoms with van der Waals surface area (Å²) in [7, 11) is 0. The van der Waals surface area contributed by atoms with Crippen molar-refractivity contribution in [1.29, 1.82) is 0 Å². The first-order chi connectivity index (χ1) is 6.22. The van der Waals surface area contributed by atoms with E-state index in [1.54, 1.807) is 0 Å². The molecule has 2 nitrogen and oxygen atoms in total. The number of rotatable bonds is 7. The van der Waals surface area contributed by atoms with E-state index in [0.29, 0.717) is 0 Å². The van der Waals surface area contributed by atoms with Crippen molar-refractivity contribution >= 4 is 0 Å². The Labute approximate surface area is 81.9 Å². The van der Waals surface area contributed by atoms with E-state index in [1.165, 1.54) is 32.4 Å². The van der Waals surface area contributed by atoms with Gasteiger partial charge in [-0.2, -0.15) is 0 Å². The van der Waals surface area contributed by atoms with Gasteiger partial charge in [0.25, 0.3) is 0 Å². The van der Waals surface area contributed by atoms with Crippen molar-refractivity contribution in [3.63, 3.8) is 0 Å². The number of hydrogen-bond acceptors (Lipinski definition) is 2. The summed E-state index contributed by atoms with van der Waals surface area (Å²) in [6, 6.07) is 0. The molecule has 2 heteroatoms. The molecule has 0 spiro atoms. The van der Waals surface area contributed by atoms with Crippen LogP contribution in [0.2, 0.25) is 0 Å². The van der Waals surface area contributed by atoms with Gasteiger partial charge in [0.2, 0.25) is 0 Å². The zero-order valence-corrected chi connectivity index (χ0v) is 9.00. The summed E-state index contributed by atoms with van der Waals surface area (Å²) < 4.78 is 0. The Morgan fingerprint density at radius 1 is 1.38 bits per heavy atom. The third-order valence-electron chi connectivity index (χ3n) is 2.62. The van der Waals surface area contributed by atoms with Gasteiger partial charge in [-0.15, -0.1) is 0 Å². The van der Waals surface area contributed by atoms with Gasteiger partial charge in [0.15, 0.2) is 0 Å². The van der Waals surface area contributed by atoms with Gasteiger partial charge >= 0.3 is 0 Å². The first-order valence-electron chi connectivity index (χ1n) is 5.62. The lowest BCUT2D eigenvalue weighted by molar-refractivity contribution is 0.153. The summed E-state index contributed by atoms with van der Waals surface area (Å²) in [4.78, 5) is 2.50. The lowest BCUT2D eigenvalue weighted by atomic mass is 10.2. The van der Waals surface area contributed by atoms with E-state index in [2.05, 4.69) is 11.8 Å². The molecular weight excluding hydrogens is 162 g/mol. The lowest BCUT2D eigenvalue weighted by Gasteiger charge is -2.21. The van der Waals surface area contributed by atoms with Crippen molar-refractivity contribution in [3.8, 4) is 0 Å². The SMILES string of the molecule is CCCN(CCC(C)O)CC1CC1. The minimum atomic E-state index is -0.140. The predicted molar refractivity (Wildman–Crippen MR) is 55.8 cm³/mol. The average molecular weight is 185 g/mol. The summed E-state index contributed by atoms with van der Waals surface area (Å²) in [5.41, 5.74) is 0. The normalized spacial score (nSPS) is 19.4. The van der Waals surface area contributed by atoms with Crippen molar-refractivity contribution in [3.05, 3.63) is 0 Å². The van der Waals surface area contributed by atoms with Crippen LogP contribution in [0.4, 0.5) is 0 Å². The first-order valence-corrected chi connectivity index (χ1v) is 5.62. The lowest BCUT2D eigenvalue weighted by Crippen LogP contribution is -2.29. The molecule has 0 aromatic heterocycles. The van der Waals surface area contributed by atoms with Gasteiger partial charge in [-0.05, 0) is 45.1 Å². The van der Waals surface area contributed by atoms with Crippen molar-refractivity contribution in [2.45, 2.75) is 45.6 Å². The highest BCUT2D eigenvalue weighted by molar-refractivity contribution is 4.77. The standard InChI is InChI=1S/C11H23NO/c1-3-7-12(8-6-10(2)13)9-11-4-5-11/h10-11,13H,3-9H2,1-2H3. The van der Waals surface area contributed by atoms with Gasteiger partial charge < -0.3 is 10.0 Å². The fraction of sp³-hybridized carbons (Fsp3) is 1.00. The molecule has 13 heavy (non-hydrogen) atoms. The second-order valence-electron chi connectivity index (χ2n) is 4.38. The van der Waals surface area contributed by atoms with E-state index in [9.17, 15) is 5.11 Å². The van der Waals surface area contributed by atoms with E-state index in [0.717, 1.165) is 18.9 Å². The molecule has 0 aliphatic heterocycles. The Morgan fingerprint density at radius 2 is 2.08 bits per heavy atom. The van der Waals surface area contributed by atoms with Crippen molar-refractivity contribution < 1.29 is 5.11 Å². The van der Waals surface area contributed by atoms with E-state index in [1.807, 2.05) is 6.92 Å². The van der Waals surface area contributed by atoms with Crippen LogP contribution in [0.1, 0.15) is 39.5 Å². The monoisotopic (exact) mass is 185 g/mol. The molecule has 0 heterocycles. The van der Waals surface area contributed by atoms with Crippen molar-refractivity contribution in [2.24, 2.45) is 5.92 Å². The molecule has 0 bridgehead atoms. The molecule has 0 saturated heterocycles. The molecule has 1 N–H and O–H groups in total. The van der Waals surface area contributed by atoms with Gasteiger partial charge in [0.1, 0.15) is 0 Å². The molecule has 1 aliphatic carbocycles. The van der Waals surface area contributed by atoms with Crippen LogP contribution in [-0.4, -0.2) is 35.7 Å². The van der Waals surface area contributed by atoms with Gasteiger partial charge in [0, 0.05) is 13.1 Å². The smallest absolute Gasteiger partial charge is 0.0524 e. The summed E-state index contributed by atoms with van der Waals surface area (Å²) >= 11 is 0. The van der Waals surface area contributed by atoms with Crippen molar-refractivity contribution in [2.75, 3.05) is 19.6 Å². The Kier molecular flexibility index (Phi) is 4.74. The predicted octanol–water partition coefficient (Wildman–Crippen LogP) is 1.88. The molecular formula is C11H23NO. The molecule has 1 saturated carbocycles. The molecule has 0 radical (unpaired) electrons. The number of aliphatic hydroxyl groups is 1. The summed E-state index contributed by atoms with van der Waals surface area (Å²) in [5, 5.41) is 9.19. The highest BCUT2D eigenvalue weighted by atomic mass is 16.3. The quantitative estimate of drug-likeness (QED) is 0.654. The fourth-order valence-corrected chi connectivity index (χ4v) is 1.65. The molecule has 78 valence electrons. The molecule has 0 aromatic carbocycles. The highest BCUT2D eigenvalue weighted by Crippen LogP contribution is 2.29. The topological polar surface area (TPSA) is 23.5 Å². The number of hydrogen-bond donors (Lipinski definition) is 1. The summed E-state index contributed by atoms with van der Waals surface area (Å²) in [6.07, 6.45) is 4.86. The Balaban J connectivity index is 2.11. The summed E-state index contributed by atoms with van der Waals surface area (Å²) in [6.45, 7) is 7.63. The molecule has 0 amide bonds. The van der Waals surface area contributed by atoms with Crippen LogP contribution >= 0.6 is 0 Å². The van der Waals surface area contributed by atoms with Crippen LogP contribution in [0.5, 0.6) is 0 Å².